The zero-order chi connectivity index (χ0) is 20.3. The first-order valence-electron chi connectivity index (χ1n) is 10.6. The second-order valence-electron chi connectivity index (χ2n) is 8.38. The molecule has 5 heteroatoms. The van der Waals surface area contributed by atoms with Gasteiger partial charge >= 0.3 is 0 Å². The fourth-order valence-electron chi connectivity index (χ4n) is 4.76. The number of rotatable bonds is 5. The van der Waals surface area contributed by atoms with Crippen molar-refractivity contribution in [2.24, 2.45) is 0 Å². The van der Waals surface area contributed by atoms with Crippen LogP contribution in [0.5, 0.6) is 0 Å². The Morgan fingerprint density at radius 2 is 1.93 bits per heavy atom. The summed E-state index contributed by atoms with van der Waals surface area (Å²) < 4.78 is 0. The summed E-state index contributed by atoms with van der Waals surface area (Å²) >= 11 is 6.26. The summed E-state index contributed by atoms with van der Waals surface area (Å²) in [5, 5.41) is 14.6. The number of hydrogen-bond donors (Lipinski definition) is 2. The highest BCUT2D eigenvalue weighted by molar-refractivity contribution is 6.30. The maximum absolute atomic E-state index is 13.2. The van der Waals surface area contributed by atoms with Gasteiger partial charge in [-0.1, -0.05) is 67.3 Å². The summed E-state index contributed by atoms with van der Waals surface area (Å²) in [5.74, 6) is 0.0592. The molecule has 1 fully saturated rings. The van der Waals surface area contributed by atoms with Crippen molar-refractivity contribution in [1.82, 2.24) is 10.2 Å². The fraction of sp³-hybridized carbons (Fsp3) is 0.458. The molecular formula is C24H29ClN2O2. The van der Waals surface area contributed by atoms with E-state index < -0.39 is 5.60 Å². The van der Waals surface area contributed by atoms with Crippen LogP contribution < -0.4 is 5.32 Å². The topological polar surface area (TPSA) is 52.6 Å². The SMILES string of the molecule is O=C(CNCC1(O)CCCCC1)N1CCc2ccccc2C1c1cccc(Cl)c1. The van der Waals surface area contributed by atoms with Gasteiger partial charge in [-0.3, -0.25) is 4.79 Å². The Balaban J connectivity index is 1.51. The van der Waals surface area contributed by atoms with E-state index in [0.29, 0.717) is 18.1 Å². The quantitative estimate of drug-likeness (QED) is 0.777. The van der Waals surface area contributed by atoms with Crippen LogP contribution in [0.1, 0.15) is 54.8 Å². The van der Waals surface area contributed by atoms with Gasteiger partial charge in [-0.2, -0.15) is 0 Å². The largest absolute Gasteiger partial charge is 0.389 e. The van der Waals surface area contributed by atoms with Crippen molar-refractivity contribution in [3.63, 3.8) is 0 Å². The van der Waals surface area contributed by atoms with Gasteiger partial charge in [0.2, 0.25) is 5.91 Å². The van der Waals surface area contributed by atoms with Crippen molar-refractivity contribution in [1.29, 1.82) is 0 Å². The number of hydrogen-bond acceptors (Lipinski definition) is 3. The molecule has 1 saturated carbocycles. The molecule has 1 aliphatic carbocycles. The van der Waals surface area contributed by atoms with Crippen LogP contribution in [0.25, 0.3) is 0 Å². The van der Waals surface area contributed by atoms with Crippen molar-refractivity contribution in [2.75, 3.05) is 19.6 Å². The lowest BCUT2D eigenvalue weighted by molar-refractivity contribution is -0.132. The van der Waals surface area contributed by atoms with E-state index in [1.54, 1.807) is 0 Å². The average Bonchev–Trinajstić information content (AvgIpc) is 2.73. The molecule has 154 valence electrons. The van der Waals surface area contributed by atoms with E-state index in [1.165, 1.54) is 17.5 Å². The predicted octanol–water partition coefficient (Wildman–Crippen LogP) is 4.10. The molecule has 1 atom stereocenters. The lowest BCUT2D eigenvalue weighted by Gasteiger charge is -2.38. The molecule has 2 aromatic carbocycles. The van der Waals surface area contributed by atoms with Crippen molar-refractivity contribution >= 4 is 17.5 Å². The van der Waals surface area contributed by atoms with E-state index in [2.05, 4.69) is 23.5 Å². The van der Waals surface area contributed by atoms with E-state index in [-0.39, 0.29) is 18.5 Å². The van der Waals surface area contributed by atoms with Gasteiger partial charge in [0, 0.05) is 18.1 Å². The molecule has 0 spiro atoms. The first-order chi connectivity index (χ1) is 14.1. The summed E-state index contributed by atoms with van der Waals surface area (Å²) in [6.07, 6.45) is 5.79. The Bertz CT molecular complexity index is 863. The highest BCUT2D eigenvalue weighted by Gasteiger charge is 2.33. The summed E-state index contributed by atoms with van der Waals surface area (Å²) in [7, 11) is 0. The van der Waals surface area contributed by atoms with Gasteiger partial charge in [0.15, 0.2) is 0 Å². The number of aliphatic hydroxyl groups is 1. The molecule has 0 aromatic heterocycles. The lowest BCUT2D eigenvalue weighted by Crippen LogP contribution is -2.48. The van der Waals surface area contributed by atoms with Gasteiger partial charge in [0.25, 0.3) is 0 Å². The van der Waals surface area contributed by atoms with E-state index in [1.807, 2.05) is 35.2 Å². The Morgan fingerprint density at radius 3 is 2.72 bits per heavy atom. The smallest absolute Gasteiger partial charge is 0.237 e. The Labute approximate surface area is 177 Å². The molecule has 2 N–H and O–H groups in total. The molecule has 2 aromatic rings. The minimum absolute atomic E-state index is 0.0592. The van der Waals surface area contributed by atoms with Gasteiger partial charge in [-0.25, -0.2) is 0 Å². The summed E-state index contributed by atoms with van der Waals surface area (Å²) in [4.78, 5) is 15.1. The van der Waals surface area contributed by atoms with E-state index in [0.717, 1.165) is 37.7 Å². The van der Waals surface area contributed by atoms with Crippen LogP contribution in [0.2, 0.25) is 5.02 Å². The van der Waals surface area contributed by atoms with Gasteiger partial charge in [0.05, 0.1) is 18.2 Å². The Morgan fingerprint density at radius 1 is 1.14 bits per heavy atom. The first kappa shape index (κ1) is 20.4. The minimum atomic E-state index is -0.667. The lowest BCUT2D eigenvalue weighted by atomic mass is 9.85. The van der Waals surface area contributed by atoms with E-state index in [4.69, 9.17) is 11.6 Å². The number of nitrogens with one attached hydrogen (secondary N) is 1. The highest BCUT2D eigenvalue weighted by atomic mass is 35.5. The number of fused-ring (bicyclic) bond motifs is 1. The molecule has 0 radical (unpaired) electrons. The van der Waals surface area contributed by atoms with Crippen LogP contribution >= 0.6 is 11.6 Å². The van der Waals surface area contributed by atoms with Crippen LogP contribution in [0.15, 0.2) is 48.5 Å². The molecule has 1 unspecified atom stereocenters. The highest BCUT2D eigenvalue weighted by Crippen LogP contribution is 2.36. The second kappa shape index (κ2) is 8.86. The standard InChI is InChI=1S/C24H29ClN2O2/c25-20-9-6-8-19(15-20)23-21-10-3-2-7-18(21)11-14-27(23)22(28)16-26-17-24(29)12-4-1-5-13-24/h2-3,6-10,15,23,26,29H,1,4-5,11-14,16-17H2. The van der Waals surface area contributed by atoms with Crippen LogP contribution in [0.3, 0.4) is 0 Å². The third-order valence-electron chi connectivity index (χ3n) is 6.28. The molecule has 0 bridgehead atoms. The molecular weight excluding hydrogens is 384 g/mol. The number of amides is 1. The van der Waals surface area contributed by atoms with Crippen LogP contribution in [0, 0.1) is 0 Å². The van der Waals surface area contributed by atoms with Gasteiger partial charge in [-0.15, -0.1) is 0 Å². The number of nitrogens with zero attached hydrogens (tertiary/aromatic N) is 1. The number of halogens is 1. The fourth-order valence-corrected chi connectivity index (χ4v) is 4.96. The molecule has 0 saturated heterocycles. The van der Waals surface area contributed by atoms with Crippen LogP contribution in [-0.2, 0) is 11.2 Å². The van der Waals surface area contributed by atoms with E-state index in [9.17, 15) is 9.90 Å². The zero-order valence-electron chi connectivity index (χ0n) is 16.7. The molecule has 29 heavy (non-hydrogen) atoms. The van der Waals surface area contributed by atoms with Crippen LogP contribution in [0.4, 0.5) is 0 Å². The first-order valence-corrected chi connectivity index (χ1v) is 11.0. The third kappa shape index (κ3) is 4.66. The molecule has 1 aliphatic heterocycles. The average molecular weight is 413 g/mol. The van der Waals surface area contributed by atoms with Crippen molar-refractivity contribution in [2.45, 2.75) is 50.2 Å². The summed E-state index contributed by atoms with van der Waals surface area (Å²) in [5.41, 5.74) is 2.81. The molecule has 4 nitrogen and oxygen atoms in total. The van der Waals surface area contributed by atoms with Crippen molar-refractivity contribution in [3.8, 4) is 0 Å². The van der Waals surface area contributed by atoms with E-state index >= 15 is 0 Å². The maximum atomic E-state index is 13.2. The number of benzene rings is 2. The van der Waals surface area contributed by atoms with Gasteiger partial charge < -0.3 is 15.3 Å². The van der Waals surface area contributed by atoms with Crippen molar-refractivity contribution < 1.29 is 9.90 Å². The third-order valence-corrected chi connectivity index (χ3v) is 6.52. The number of carbonyl (C=O) groups is 1. The predicted molar refractivity (Wildman–Crippen MR) is 116 cm³/mol. The second-order valence-corrected chi connectivity index (χ2v) is 8.82. The minimum Gasteiger partial charge on any atom is -0.389 e. The maximum Gasteiger partial charge on any atom is 0.237 e. The Kier molecular flexibility index (Phi) is 6.23. The molecule has 1 amide bonds. The summed E-state index contributed by atoms with van der Waals surface area (Å²) in [6.45, 7) is 1.39. The molecule has 4 rings (SSSR count). The zero-order valence-corrected chi connectivity index (χ0v) is 17.5. The summed E-state index contributed by atoms with van der Waals surface area (Å²) in [6, 6.07) is 16.0. The molecule has 1 heterocycles. The normalized spacial score (nSPS) is 20.9. The Hall–Kier alpha value is -1.88. The number of carbonyl (C=O) groups excluding carboxylic acids is 1. The van der Waals surface area contributed by atoms with Gasteiger partial charge in [-0.05, 0) is 48.1 Å². The van der Waals surface area contributed by atoms with Crippen LogP contribution in [-0.4, -0.2) is 41.1 Å². The van der Waals surface area contributed by atoms with Gasteiger partial charge in [0.1, 0.15) is 0 Å². The van der Waals surface area contributed by atoms with Crippen molar-refractivity contribution in [3.05, 3.63) is 70.2 Å². The monoisotopic (exact) mass is 412 g/mol. The molecule has 2 aliphatic rings.